The molecule has 3 rings (SSSR count). The predicted octanol–water partition coefficient (Wildman–Crippen LogP) is 1.27. The molecule has 1 aromatic rings. The summed E-state index contributed by atoms with van der Waals surface area (Å²) in [7, 11) is 2.14. The van der Waals surface area contributed by atoms with Crippen molar-refractivity contribution in [1.82, 2.24) is 14.7 Å². The number of aromatic nitrogens is 2. The van der Waals surface area contributed by atoms with Crippen LogP contribution in [0.25, 0.3) is 0 Å². The van der Waals surface area contributed by atoms with Crippen LogP contribution in [0.15, 0.2) is 12.3 Å². The molecule has 1 atom stereocenters. The number of anilines is 1. The molecule has 0 aromatic carbocycles. The van der Waals surface area contributed by atoms with Crippen molar-refractivity contribution >= 4 is 11.7 Å². The van der Waals surface area contributed by atoms with Gasteiger partial charge in [0.05, 0.1) is 12.2 Å². The highest BCUT2D eigenvalue weighted by molar-refractivity contribution is 5.93. The van der Waals surface area contributed by atoms with Crippen LogP contribution in [0.4, 0.5) is 5.82 Å². The summed E-state index contributed by atoms with van der Waals surface area (Å²) in [6, 6.07) is 2.24. The summed E-state index contributed by atoms with van der Waals surface area (Å²) in [5.41, 5.74) is 0. The van der Waals surface area contributed by atoms with Crippen molar-refractivity contribution in [3.05, 3.63) is 12.3 Å². The molecule has 1 N–H and O–H groups in total. The molecule has 3 heterocycles. The third-order valence-electron chi connectivity index (χ3n) is 4.18. The van der Waals surface area contributed by atoms with E-state index in [9.17, 15) is 4.79 Å². The van der Waals surface area contributed by atoms with Crippen LogP contribution in [0.2, 0.25) is 0 Å². The van der Waals surface area contributed by atoms with Crippen LogP contribution in [-0.4, -0.2) is 53.4 Å². The van der Waals surface area contributed by atoms with E-state index in [1.54, 1.807) is 6.20 Å². The smallest absolute Gasteiger partial charge is 0.254 e. The van der Waals surface area contributed by atoms with Gasteiger partial charge in [0.25, 0.3) is 5.91 Å². The molecule has 6 nitrogen and oxygen atoms in total. The van der Waals surface area contributed by atoms with E-state index in [2.05, 4.69) is 22.4 Å². The van der Waals surface area contributed by atoms with Crippen LogP contribution < -0.4 is 5.32 Å². The van der Waals surface area contributed by atoms with Crippen molar-refractivity contribution in [2.75, 3.05) is 32.1 Å². The number of amides is 1. The third-order valence-corrected chi connectivity index (χ3v) is 4.18. The van der Waals surface area contributed by atoms with Gasteiger partial charge in [-0.3, -0.25) is 4.79 Å². The maximum Gasteiger partial charge on any atom is 0.254 e. The molecule has 1 amide bonds. The van der Waals surface area contributed by atoms with Gasteiger partial charge >= 0.3 is 0 Å². The monoisotopic (exact) mass is 278 g/mol. The molecule has 0 aliphatic carbocycles. The number of nitrogens with one attached hydrogen (secondary N) is 1. The second-order valence-electron chi connectivity index (χ2n) is 5.69. The average molecular weight is 278 g/mol. The third kappa shape index (κ3) is 2.86. The van der Waals surface area contributed by atoms with Gasteiger partial charge in [-0.05, 0) is 45.8 Å². The molecular formula is C14H22N4O2. The molecule has 2 fully saturated rings. The van der Waals surface area contributed by atoms with E-state index in [0.717, 1.165) is 44.6 Å². The van der Waals surface area contributed by atoms with Crippen molar-refractivity contribution in [3.63, 3.8) is 0 Å². The van der Waals surface area contributed by atoms with Crippen LogP contribution >= 0.6 is 0 Å². The van der Waals surface area contributed by atoms with Crippen molar-refractivity contribution < 1.29 is 9.53 Å². The zero-order valence-electron chi connectivity index (χ0n) is 11.9. The first-order valence-corrected chi connectivity index (χ1v) is 7.38. The largest absolute Gasteiger partial charge is 0.368 e. The van der Waals surface area contributed by atoms with Gasteiger partial charge in [0.15, 0.2) is 0 Å². The lowest BCUT2D eigenvalue weighted by Gasteiger charge is -2.30. The Hall–Kier alpha value is -1.40. The Kier molecular flexibility index (Phi) is 4.03. The fourth-order valence-corrected chi connectivity index (χ4v) is 2.93. The second-order valence-corrected chi connectivity index (χ2v) is 5.69. The Morgan fingerprint density at radius 3 is 2.90 bits per heavy atom. The zero-order valence-corrected chi connectivity index (χ0v) is 11.9. The van der Waals surface area contributed by atoms with Crippen LogP contribution in [-0.2, 0) is 9.53 Å². The first-order valence-electron chi connectivity index (χ1n) is 7.38. The predicted molar refractivity (Wildman–Crippen MR) is 75.6 cm³/mol. The first-order chi connectivity index (χ1) is 9.74. The van der Waals surface area contributed by atoms with Crippen molar-refractivity contribution in [2.24, 2.45) is 0 Å². The molecule has 0 radical (unpaired) electrons. The van der Waals surface area contributed by atoms with Crippen molar-refractivity contribution in [3.8, 4) is 0 Å². The molecule has 110 valence electrons. The summed E-state index contributed by atoms with van der Waals surface area (Å²) in [6.45, 7) is 2.83. The maximum atomic E-state index is 12.1. The van der Waals surface area contributed by atoms with Crippen molar-refractivity contribution in [1.29, 1.82) is 0 Å². The minimum Gasteiger partial charge on any atom is -0.368 e. The van der Waals surface area contributed by atoms with Crippen LogP contribution in [0.1, 0.15) is 31.7 Å². The second kappa shape index (κ2) is 5.93. The molecule has 20 heavy (non-hydrogen) atoms. The Labute approximate surface area is 119 Å². The van der Waals surface area contributed by atoms with Crippen LogP contribution in [0.5, 0.6) is 0 Å². The summed E-state index contributed by atoms with van der Waals surface area (Å²) in [5.74, 6) is 0.747. The molecule has 2 saturated heterocycles. The number of ether oxygens (including phenoxy) is 1. The molecule has 0 spiro atoms. The van der Waals surface area contributed by atoms with Gasteiger partial charge in [-0.1, -0.05) is 0 Å². The van der Waals surface area contributed by atoms with E-state index >= 15 is 0 Å². The normalized spacial score (nSPS) is 24.9. The minimum absolute atomic E-state index is 0.0443. The molecule has 1 aromatic heterocycles. The molecular weight excluding hydrogens is 256 g/mol. The van der Waals surface area contributed by atoms with Gasteiger partial charge in [0, 0.05) is 12.7 Å². The number of nitrogens with zero attached hydrogens (tertiary/aromatic N) is 3. The van der Waals surface area contributed by atoms with Gasteiger partial charge in [0.2, 0.25) is 0 Å². The van der Waals surface area contributed by atoms with E-state index < -0.39 is 0 Å². The molecule has 0 bridgehead atoms. The van der Waals surface area contributed by atoms with Gasteiger partial charge in [-0.25, -0.2) is 4.68 Å². The molecule has 0 saturated carbocycles. The summed E-state index contributed by atoms with van der Waals surface area (Å²) < 4.78 is 7.37. The highest BCUT2D eigenvalue weighted by Crippen LogP contribution is 2.25. The summed E-state index contributed by atoms with van der Waals surface area (Å²) >= 11 is 0. The number of hydrogen-bond donors (Lipinski definition) is 1. The Balaban J connectivity index is 1.65. The SMILES string of the molecule is CN1CCC(n2nccc2NC(=O)[C@H]2CCCO2)CC1. The molecule has 0 unspecified atom stereocenters. The molecule has 6 heteroatoms. The highest BCUT2D eigenvalue weighted by Gasteiger charge is 2.26. The van der Waals surface area contributed by atoms with Gasteiger partial charge in [0.1, 0.15) is 11.9 Å². The number of hydrogen-bond acceptors (Lipinski definition) is 4. The minimum atomic E-state index is -0.296. The molecule has 2 aliphatic rings. The lowest BCUT2D eigenvalue weighted by Crippen LogP contribution is -2.33. The first kappa shape index (κ1) is 13.6. The lowest BCUT2D eigenvalue weighted by atomic mass is 10.1. The van der Waals surface area contributed by atoms with Gasteiger partial charge in [-0.15, -0.1) is 0 Å². The van der Waals surface area contributed by atoms with Gasteiger partial charge < -0.3 is 15.0 Å². The fourth-order valence-electron chi connectivity index (χ4n) is 2.93. The van der Waals surface area contributed by atoms with Crippen LogP contribution in [0, 0.1) is 0 Å². The Morgan fingerprint density at radius 1 is 1.40 bits per heavy atom. The van der Waals surface area contributed by atoms with Crippen molar-refractivity contribution in [2.45, 2.75) is 37.8 Å². The number of carbonyl (C=O) groups excluding carboxylic acids is 1. The van der Waals surface area contributed by atoms with E-state index in [4.69, 9.17) is 4.74 Å². The fraction of sp³-hybridized carbons (Fsp3) is 0.714. The lowest BCUT2D eigenvalue weighted by molar-refractivity contribution is -0.124. The topological polar surface area (TPSA) is 59.4 Å². The number of rotatable bonds is 3. The summed E-state index contributed by atoms with van der Waals surface area (Å²) in [5, 5.41) is 7.35. The standard InChI is InChI=1S/C14H22N4O2/c1-17-8-5-11(6-9-17)18-13(4-7-15-18)16-14(19)12-3-2-10-20-12/h4,7,11-12H,2-3,5-6,8-10H2,1H3,(H,16,19)/t12-/m1/s1. The maximum absolute atomic E-state index is 12.1. The van der Waals surface area contributed by atoms with E-state index in [1.807, 2.05) is 10.7 Å². The average Bonchev–Trinajstić information content (AvgIpc) is 3.10. The van der Waals surface area contributed by atoms with E-state index in [1.165, 1.54) is 0 Å². The Morgan fingerprint density at radius 2 is 2.20 bits per heavy atom. The summed E-state index contributed by atoms with van der Waals surface area (Å²) in [6.07, 6.45) is 5.38. The molecule has 2 aliphatic heterocycles. The van der Waals surface area contributed by atoms with Gasteiger partial charge in [-0.2, -0.15) is 5.10 Å². The van der Waals surface area contributed by atoms with Crippen LogP contribution in [0.3, 0.4) is 0 Å². The highest BCUT2D eigenvalue weighted by atomic mass is 16.5. The van der Waals surface area contributed by atoms with E-state index in [0.29, 0.717) is 12.6 Å². The zero-order chi connectivity index (χ0) is 13.9. The number of carbonyl (C=O) groups is 1. The summed E-state index contributed by atoms with van der Waals surface area (Å²) in [4.78, 5) is 14.4. The quantitative estimate of drug-likeness (QED) is 0.904. The number of piperidine rings is 1. The van der Waals surface area contributed by atoms with E-state index in [-0.39, 0.29) is 12.0 Å². The Bertz CT molecular complexity index is 459. The number of likely N-dealkylation sites (tertiary alicyclic amines) is 1.